The Morgan fingerprint density at radius 3 is 2.37 bits per heavy atom. The molecular weight excluding hydrogens is 346 g/mol. The van der Waals surface area contributed by atoms with Crippen LogP contribution in [0.1, 0.15) is 38.7 Å². The number of esters is 1. The number of nitrogens with zero attached hydrogens (tertiary/aromatic N) is 1. The summed E-state index contributed by atoms with van der Waals surface area (Å²) in [5.41, 5.74) is 1.12. The summed E-state index contributed by atoms with van der Waals surface area (Å²) >= 11 is 0. The van der Waals surface area contributed by atoms with E-state index in [1.165, 1.54) is 12.2 Å². The molecule has 0 spiro atoms. The minimum Gasteiger partial charge on any atom is -0.465 e. The van der Waals surface area contributed by atoms with Crippen molar-refractivity contribution in [1.82, 2.24) is 0 Å². The zero-order chi connectivity index (χ0) is 19.4. The van der Waals surface area contributed by atoms with Gasteiger partial charge in [-0.3, -0.25) is 14.4 Å². The lowest BCUT2D eigenvalue weighted by Crippen LogP contribution is -2.53. The maximum Gasteiger partial charge on any atom is 0.310 e. The zero-order valence-corrected chi connectivity index (χ0v) is 15.8. The van der Waals surface area contributed by atoms with Gasteiger partial charge in [-0.1, -0.05) is 26.0 Å². The van der Waals surface area contributed by atoms with Crippen LogP contribution in [0.4, 0.5) is 5.69 Å². The SMILES string of the molecule is CCC1COC1(CC)CCOC(=O)Cc1ccc(N2C(=O)C=CC2=O)cc1. The lowest BCUT2D eigenvalue weighted by atomic mass is 9.76. The molecule has 1 aromatic carbocycles. The summed E-state index contributed by atoms with van der Waals surface area (Å²) in [6.07, 6.45) is 5.35. The molecule has 0 bridgehead atoms. The molecule has 2 aliphatic rings. The Kier molecular flexibility index (Phi) is 5.75. The molecule has 2 unspecified atom stereocenters. The molecule has 0 saturated carbocycles. The van der Waals surface area contributed by atoms with E-state index in [9.17, 15) is 14.4 Å². The Balaban J connectivity index is 1.48. The van der Waals surface area contributed by atoms with Crippen molar-refractivity contribution in [2.24, 2.45) is 5.92 Å². The molecule has 0 aliphatic carbocycles. The first-order valence-corrected chi connectivity index (χ1v) is 9.43. The summed E-state index contributed by atoms with van der Waals surface area (Å²) < 4.78 is 11.2. The molecule has 1 aromatic rings. The highest BCUT2D eigenvalue weighted by Crippen LogP contribution is 2.41. The van der Waals surface area contributed by atoms with Gasteiger partial charge in [0.15, 0.2) is 0 Å². The van der Waals surface area contributed by atoms with Crippen LogP contribution >= 0.6 is 0 Å². The van der Waals surface area contributed by atoms with Crippen molar-refractivity contribution in [3.8, 4) is 0 Å². The number of anilines is 1. The van der Waals surface area contributed by atoms with Gasteiger partial charge < -0.3 is 9.47 Å². The van der Waals surface area contributed by atoms with Gasteiger partial charge in [-0.2, -0.15) is 0 Å². The zero-order valence-electron chi connectivity index (χ0n) is 15.8. The maximum absolute atomic E-state index is 12.1. The van der Waals surface area contributed by atoms with Gasteiger partial charge >= 0.3 is 5.97 Å². The first-order chi connectivity index (χ1) is 13.0. The molecule has 2 amide bonds. The number of hydrogen-bond acceptors (Lipinski definition) is 5. The van der Waals surface area contributed by atoms with E-state index >= 15 is 0 Å². The fraction of sp³-hybridized carbons (Fsp3) is 0.476. The van der Waals surface area contributed by atoms with E-state index in [0.717, 1.165) is 36.3 Å². The van der Waals surface area contributed by atoms with E-state index in [2.05, 4.69) is 13.8 Å². The van der Waals surface area contributed by atoms with Gasteiger partial charge in [-0.05, 0) is 30.5 Å². The quantitative estimate of drug-likeness (QED) is 0.519. The Labute approximate surface area is 159 Å². The molecule has 144 valence electrons. The van der Waals surface area contributed by atoms with Crippen molar-refractivity contribution in [3.05, 3.63) is 42.0 Å². The molecule has 27 heavy (non-hydrogen) atoms. The standard InChI is InChI=1S/C21H25NO5/c1-3-16-14-27-21(16,4-2)11-12-26-20(25)13-15-5-7-17(8-6-15)22-18(23)9-10-19(22)24/h5-10,16H,3-4,11-14H2,1-2H3. The number of carbonyl (C=O) groups is 3. The second-order valence-corrected chi connectivity index (χ2v) is 6.99. The van der Waals surface area contributed by atoms with Gasteiger partial charge in [-0.15, -0.1) is 0 Å². The molecule has 0 radical (unpaired) electrons. The van der Waals surface area contributed by atoms with Gasteiger partial charge in [0.2, 0.25) is 0 Å². The van der Waals surface area contributed by atoms with Crippen molar-refractivity contribution in [3.63, 3.8) is 0 Å². The minimum atomic E-state index is -0.361. The van der Waals surface area contributed by atoms with Gasteiger partial charge in [0, 0.05) is 24.5 Å². The number of hydrogen-bond donors (Lipinski definition) is 0. The third-order valence-electron chi connectivity index (χ3n) is 5.55. The number of amides is 2. The van der Waals surface area contributed by atoms with Crippen molar-refractivity contribution < 1.29 is 23.9 Å². The average molecular weight is 371 g/mol. The fourth-order valence-corrected chi connectivity index (χ4v) is 3.74. The van der Waals surface area contributed by atoms with Gasteiger partial charge in [0.25, 0.3) is 11.8 Å². The molecule has 0 N–H and O–H groups in total. The third kappa shape index (κ3) is 3.95. The Hall–Kier alpha value is -2.47. The van der Waals surface area contributed by atoms with Crippen LogP contribution in [0.2, 0.25) is 0 Å². The summed E-state index contributed by atoms with van der Waals surface area (Å²) in [4.78, 5) is 36.6. The van der Waals surface area contributed by atoms with Crippen molar-refractivity contribution in [2.45, 2.75) is 45.1 Å². The predicted octanol–water partition coefficient (Wildman–Crippen LogP) is 2.80. The monoisotopic (exact) mass is 371 g/mol. The summed E-state index contributed by atoms with van der Waals surface area (Å²) in [6.45, 7) is 5.41. The number of benzene rings is 1. The molecular formula is C21H25NO5. The number of ether oxygens (including phenoxy) is 2. The molecule has 3 rings (SSSR count). The van der Waals surface area contributed by atoms with E-state index in [-0.39, 0.29) is 29.8 Å². The van der Waals surface area contributed by atoms with Crippen LogP contribution < -0.4 is 4.90 Å². The lowest BCUT2D eigenvalue weighted by Gasteiger charge is -2.49. The maximum atomic E-state index is 12.1. The van der Waals surface area contributed by atoms with Crippen molar-refractivity contribution in [1.29, 1.82) is 0 Å². The third-order valence-corrected chi connectivity index (χ3v) is 5.55. The van der Waals surface area contributed by atoms with Gasteiger partial charge in [0.1, 0.15) is 0 Å². The molecule has 1 saturated heterocycles. The molecule has 0 aromatic heterocycles. The lowest BCUT2D eigenvalue weighted by molar-refractivity contribution is -0.215. The first kappa shape index (κ1) is 19.3. The molecule has 6 heteroatoms. The summed E-state index contributed by atoms with van der Waals surface area (Å²) in [6, 6.07) is 6.77. The van der Waals surface area contributed by atoms with Crippen molar-refractivity contribution >= 4 is 23.5 Å². The smallest absolute Gasteiger partial charge is 0.310 e. The predicted molar refractivity (Wildman–Crippen MR) is 100 cm³/mol. The summed E-state index contributed by atoms with van der Waals surface area (Å²) in [5, 5.41) is 0. The van der Waals surface area contributed by atoms with Crippen LogP contribution in [-0.2, 0) is 30.3 Å². The van der Waals surface area contributed by atoms with Crippen LogP contribution in [0.3, 0.4) is 0 Å². The van der Waals surface area contributed by atoms with Gasteiger partial charge in [0.05, 0.1) is 30.9 Å². The highest BCUT2D eigenvalue weighted by molar-refractivity contribution is 6.28. The Morgan fingerprint density at radius 1 is 1.19 bits per heavy atom. The summed E-state index contributed by atoms with van der Waals surface area (Å²) in [7, 11) is 0. The first-order valence-electron chi connectivity index (χ1n) is 9.43. The van der Waals surface area contributed by atoms with E-state index in [1.807, 2.05) is 0 Å². The average Bonchev–Trinajstić information content (AvgIpc) is 2.97. The highest BCUT2D eigenvalue weighted by Gasteiger charge is 2.45. The van der Waals surface area contributed by atoms with Crippen LogP contribution in [-0.4, -0.2) is 36.6 Å². The topological polar surface area (TPSA) is 72.9 Å². The molecule has 2 aliphatic heterocycles. The van der Waals surface area contributed by atoms with Crippen LogP contribution in [0.15, 0.2) is 36.4 Å². The second-order valence-electron chi connectivity index (χ2n) is 6.99. The Bertz CT molecular complexity index is 730. The van der Waals surface area contributed by atoms with Crippen LogP contribution in [0.25, 0.3) is 0 Å². The largest absolute Gasteiger partial charge is 0.465 e. The van der Waals surface area contributed by atoms with E-state index < -0.39 is 0 Å². The van der Waals surface area contributed by atoms with Crippen LogP contribution in [0, 0.1) is 5.92 Å². The van der Waals surface area contributed by atoms with Crippen molar-refractivity contribution in [2.75, 3.05) is 18.1 Å². The van der Waals surface area contributed by atoms with E-state index in [0.29, 0.717) is 18.2 Å². The van der Waals surface area contributed by atoms with Gasteiger partial charge in [-0.25, -0.2) is 4.90 Å². The number of rotatable bonds is 8. The number of imide groups is 1. The highest BCUT2D eigenvalue weighted by atomic mass is 16.5. The summed E-state index contributed by atoms with van der Waals surface area (Å²) in [5.74, 6) is -0.475. The minimum absolute atomic E-state index is 0.139. The number of carbonyl (C=O) groups excluding carboxylic acids is 3. The van der Waals surface area contributed by atoms with Crippen LogP contribution in [0.5, 0.6) is 0 Å². The Morgan fingerprint density at radius 2 is 1.85 bits per heavy atom. The van der Waals surface area contributed by atoms with E-state index in [4.69, 9.17) is 9.47 Å². The molecule has 6 nitrogen and oxygen atoms in total. The normalized spacial score (nSPS) is 24.2. The van der Waals surface area contributed by atoms with E-state index in [1.54, 1.807) is 24.3 Å². The second kappa shape index (κ2) is 8.05. The fourth-order valence-electron chi connectivity index (χ4n) is 3.74. The molecule has 1 fully saturated rings. The molecule has 2 heterocycles. The molecule has 2 atom stereocenters.